The van der Waals surface area contributed by atoms with Gasteiger partial charge in [-0.25, -0.2) is 0 Å². The van der Waals surface area contributed by atoms with Crippen LogP contribution in [0.1, 0.15) is 22.5 Å². The maximum Gasteiger partial charge on any atom is 0.305 e. The third-order valence-electron chi connectivity index (χ3n) is 3.08. The van der Waals surface area contributed by atoms with Crippen LogP contribution in [-0.4, -0.2) is 35.6 Å². The number of nitrogens with one attached hydrogen (secondary N) is 1. The van der Waals surface area contributed by atoms with Crippen LogP contribution < -0.4 is 10.1 Å². The number of aromatic nitrogens is 1. The molecular formula is C15H16N2O4. The summed E-state index contributed by atoms with van der Waals surface area (Å²) in [4.78, 5) is 26.9. The number of rotatable bonds is 5. The Balaban J connectivity index is 2.25. The fourth-order valence-electron chi connectivity index (χ4n) is 1.98. The van der Waals surface area contributed by atoms with Crippen LogP contribution in [0.4, 0.5) is 0 Å². The number of aryl methyl sites for hydroxylation is 1. The van der Waals surface area contributed by atoms with Gasteiger partial charge in [-0.3, -0.25) is 14.6 Å². The number of carboxylic acid groups (broad SMARTS) is 1. The predicted octanol–water partition coefficient (Wildman–Crippen LogP) is 1.76. The Morgan fingerprint density at radius 1 is 1.33 bits per heavy atom. The van der Waals surface area contributed by atoms with Gasteiger partial charge in [0.1, 0.15) is 5.75 Å². The second-order valence-electron chi connectivity index (χ2n) is 4.58. The number of carbonyl (C=O) groups excluding carboxylic acids is 1. The Labute approximate surface area is 121 Å². The molecule has 1 aromatic carbocycles. The number of hydrogen-bond donors (Lipinski definition) is 2. The summed E-state index contributed by atoms with van der Waals surface area (Å²) in [7, 11) is 1.58. The van der Waals surface area contributed by atoms with Gasteiger partial charge in [0.15, 0.2) is 0 Å². The molecule has 21 heavy (non-hydrogen) atoms. The predicted molar refractivity (Wildman–Crippen MR) is 77.6 cm³/mol. The van der Waals surface area contributed by atoms with Crippen molar-refractivity contribution in [3.63, 3.8) is 0 Å². The number of carboxylic acids is 1. The van der Waals surface area contributed by atoms with Gasteiger partial charge in [0.2, 0.25) is 0 Å². The largest absolute Gasteiger partial charge is 0.497 e. The van der Waals surface area contributed by atoms with Crippen molar-refractivity contribution in [2.24, 2.45) is 0 Å². The number of nitrogens with zero attached hydrogens (tertiary/aromatic N) is 1. The molecule has 0 saturated carbocycles. The first-order valence-corrected chi connectivity index (χ1v) is 6.46. The summed E-state index contributed by atoms with van der Waals surface area (Å²) in [5, 5.41) is 12.0. The van der Waals surface area contributed by atoms with E-state index in [1.54, 1.807) is 32.2 Å². The van der Waals surface area contributed by atoms with E-state index in [1.165, 1.54) is 0 Å². The highest BCUT2D eigenvalue weighted by atomic mass is 16.5. The van der Waals surface area contributed by atoms with Gasteiger partial charge in [0, 0.05) is 18.0 Å². The van der Waals surface area contributed by atoms with Crippen molar-refractivity contribution in [2.75, 3.05) is 13.7 Å². The third-order valence-corrected chi connectivity index (χ3v) is 3.08. The average Bonchev–Trinajstić information content (AvgIpc) is 2.45. The standard InChI is InChI=1S/C15H16N2O4/c1-9-12(15(20)16-6-5-14(18)19)7-10-3-4-11(21-2)8-13(10)17-9/h3-4,7-8H,5-6H2,1-2H3,(H,16,20)(H,18,19). The van der Waals surface area contributed by atoms with Gasteiger partial charge in [-0.15, -0.1) is 0 Å². The third kappa shape index (κ3) is 3.47. The van der Waals surface area contributed by atoms with Crippen LogP contribution in [0.5, 0.6) is 5.75 Å². The van der Waals surface area contributed by atoms with Crippen LogP contribution in [0.2, 0.25) is 0 Å². The highest BCUT2D eigenvalue weighted by Crippen LogP contribution is 2.21. The SMILES string of the molecule is COc1ccc2cc(C(=O)NCCC(=O)O)c(C)nc2c1. The second kappa shape index (κ2) is 6.21. The number of methoxy groups -OCH3 is 1. The monoisotopic (exact) mass is 288 g/mol. The number of hydrogen-bond acceptors (Lipinski definition) is 4. The van der Waals surface area contributed by atoms with Crippen LogP contribution in [0, 0.1) is 6.92 Å². The van der Waals surface area contributed by atoms with E-state index >= 15 is 0 Å². The number of aliphatic carboxylic acids is 1. The van der Waals surface area contributed by atoms with E-state index in [2.05, 4.69) is 10.3 Å². The van der Waals surface area contributed by atoms with Crippen molar-refractivity contribution in [3.05, 3.63) is 35.5 Å². The minimum absolute atomic E-state index is 0.0915. The molecule has 2 N–H and O–H groups in total. The van der Waals surface area contributed by atoms with Crippen molar-refractivity contribution in [1.29, 1.82) is 0 Å². The van der Waals surface area contributed by atoms with E-state index in [0.717, 1.165) is 10.9 Å². The van der Waals surface area contributed by atoms with E-state index < -0.39 is 5.97 Å². The molecule has 0 aliphatic carbocycles. The molecule has 1 amide bonds. The van der Waals surface area contributed by atoms with Crippen LogP contribution in [0.3, 0.4) is 0 Å². The number of benzene rings is 1. The average molecular weight is 288 g/mol. The lowest BCUT2D eigenvalue weighted by Gasteiger charge is -2.09. The molecule has 110 valence electrons. The molecule has 6 nitrogen and oxygen atoms in total. The Bertz CT molecular complexity index is 697. The van der Waals surface area contributed by atoms with E-state index in [1.807, 2.05) is 6.07 Å². The van der Waals surface area contributed by atoms with Crippen molar-refractivity contribution in [1.82, 2.24) is 10.3 Å². The number of carbonyl (C=O) groups is 2. The van der Waals surface area contributed by atoms with Crippen molar-refractivity contribution in [2.45, 2.75) is 13.3 Å². The van der Waals surface area contributed by atoms with E-state index in [-0.39, 0.29) is 18.9 Å². The molecule has 2 rings (SSSR count). The maximum absolute atomic E-state index is 12.0. The molecule has 0 unspecified atom stereocenters. The molecule has 6 heteroatoms. The van der Waals surface area contributed by atoms with Gasteiger partial charge in [-0.1, -0.05) is 0 Å². The summed E-state index contributed by atoms with van der Waals surface area (Å²) in [6, 6.07) is 7.17. The molecule has 2 aromatic rings. The first-order valence-electron chi connectivity index (χ1n) is 6.46. The van der Waals surface area contributed by atoms with Crippen molar-refractivity contribution >= 4 is 22.8 Å². The first kappa shape index (κ1) is 14.8. The van der Waals surface area contributed by atoms with Gasteiger partial charge in [-0.05, 0) is 25.1 Å². The zero-order chi connectivity index (χ0) is 15.4. The number of fused-ring (bicyclic) bond motifs is 1. The summed E-state index contributed by atoms with van der Waals surface area (Å²) < 4.78 is 5.14. The lowest BCUT2D eigenvalue weighted by molar-refractivity contribution is -0.136. The molecule has 1 heterocycles. The maximum atomic E-state index is 12.0. The molecule has 0 bridgehead atoms. The van der Waals surface area contributed by atoms with Crippen LogP contribution >= 0.6 is 0 Å². The van der Waals surface area contributed by atoms with Crippen LogP contribution in [0.15, 0.2) is 24.3 Å². The van der Waals surface area contributed by atoms with Gasteiger partial charge in [0.25, 0.3) is 5.91 Å². The summed E-state index contributed by atoms with van der Waals surface area (Å²) in [6.45, 7) is 1.83. The number of amides is 1. The summed E-state index contributed by atoms with van der Waals surface area (Å²) in [5.74, 6) is -0.567. The minimum Gasteiger partial charge on any atom is -0.497 e. The molecular weight excluding hydrogens is 272 g/mol. The molecule has 0 fully saturated rings. The molecule has 0 spiro atoms. The van der Waals surface area contributed by atoms with Crippen LogP contribution in [0.25, 0.3) is 10.9 Å². The highest BCUT2D eigenvalue weighted by molar-refractivity contribution is 5.98. The summed E-state index contributed by atoms with van der Waals surface area (Å²) in [5.41, 5.74) is 1.77. The summed E-state index contributed by atoms with van der Waals surface area (Å²) >= 11 is 0. The minimum atomic E-state index is -0.948. The smallest absolute Gasteiger partial charge is 0.305 e. The van der Waals surface area contributed by atoms with Gasteiger partial charge < -0.3 is 15.2 Å². The topological polar surface area (TPSA) is 88.5 Å². The first-order chi connectivity index (χ1) is 10.0. The second-order valence-corrected chi connectivity index (χ2v) is 4.58. The van der Waals surface area contributed by atoms with Gasteiger partial charge >= 0.3 is 5.97 Å². The number of pyridine rings is 1. The Hall–Kier alpha value is -2.63. The number of ether oxygens (including phenoxy) is 1. The molecule has 0 radical (unpaired) electrons. The van der Waals surface area contributed by atoms with Crippen molar-refractivity contribution in [3.8, 4) is 5.75 Å². The molecule has 0 aliphatic rings. The lowest BCUT2D eigenvalue weighted by atomic mass is 10.1. The van der Waals surface area contributed by atoms with E-state index in [4.69, 9.17) is 9.84 Å². The quantitative estimate of drug-likeness (QED) is 0.875. The zero-order valence-electron chi connectivity index (χ0n) is 11.8. The normalized spacial score (nSPS) is 10.4. The zero-order valence-corrected chi connectivity index (χ0v) is 11.8. The Morgan fingerprint density at radius 2 is 2.10 bits per heavy atom. The lowest BCUT2D eigenvalue weighted by Crippen LogP contribution is -2.26. The molecule has 0 atom stereocenters. The van der Waals surface area contributed by atoms with E-state index in [0.29, 0.717) is 17.0 Å². The van der Waals surface area contributed by atoms with Crippen LogP contribution in [-0.2, 0) is 4.79 Å². The Kier molecular flexibility index (Phi) is 4.37. The van der Waals surface area contributed by atoms with Crippen molar-refractivity contribution < 1.29 is 19.4 Å². The fourth-order valence-corrected chi connectivity index (χ4v) is 1.98. The Morgan fingerprint density at radius 3 is 2.76 bits per heavy atom. The molecule has 1 aromatic heterocycles. The molecule has 0 saturated heterocycles. The highest BCUT2D eigenvalue weighted by Gasteiger charge is 2.12. The van der Waals surface area contributed by atoms with E-state index in [9.17, 15) is 9.59 Å². The van der Waals surface area contributed by atoms with Gasteiger partial charge in [-0.2, -0.15) is 0 Å². The summed E-state index contributed by atoms with van der Waals surface area (Å²) in [6.07, 6.45) is -0.108. The molecule has 0 aliphatic heterocycles. The van der Waals surface area contributed by atoms with Gasteiger partial charge in [0.05, 0.1) is 30.3 Å². The fraction of sp³-hybridized carbons (Fsp3) is 0.267.